The van der Waals surface area contributed by atoms with Gasteiger partial charge in [-0.15, -0.1) is 0 Å². The first-order valence-electron chi connectivity index (χ1n) is 5.49. The molecule has 0 saturated carbocycles. The second kappa shape index (κ2) is 5.02. The molecule has 0 bridgehead atoms. The molecule has 1 saturated heterocycles. The Morgan fingerprint density at radius 2 is 2.25 bits per heavy atom. The van der Waals surface area contributed by atoms with Gasteiger partial charge in [-0.25, -0.2) is 4.39 Å². The lowest BCUT2D eigenvalue weighted by molar-refractivity contribution is 0.356. The van der Waals surface area contributed by atoms with Crippen LogP contribution in [0.25, 0.3) is 0 Å². The highest BCUT2D eigenvalue weighted by Gasteiger charge is 2.21. The normalized spacial score (nSPS) is 20.8. The summed E-state index contributed by atoms with van der Waals surface area (Å²) in [4.78, 5) is 0. The Kier molecular flexibility index (Phi) is 3.66. The van der Waals surface area contributed by atoms with E-state index in [0.29, 0.717) is 0 Å². The van der Waals surface area contributed by atoms with Gasteiger partial charge in [0, 0.05) is 11.6 Å². The summed E-state index contributed by atoms with van der Waals surface area (Å²) >= 11 is 5.73. The number of ether oxygens (including phenoxy) is 1. The second-order valence-electron chi connectivity index (χ2n) is 3.99. The number of halogens is 2. The molecule has 2 rings (SSSR count). The molecule has 1 atom stereocenters. The summed E-state index contributed by atoms with van der Waals surface area (Å²) in [5.41, 5.74) is 0.865. The maximum absolute atomic E-state index is 13.7. The maximum Gasteiger partial charge on any atom is 0.183 e. The van der Waals surface area contributed by atoms with E-state index in [1.54, 1.807) is 6.07 Å². The van der Waals surface area contributed by atoms with E-state index in [9.17, 15) is 4.39 Å². The van der Waals surface area contributed by atoms with Crippen molar-refractivity contribution in [2.75, 3.05) is 13.7 Å². The van der Waals surface area contributed by atoms with E-state index in [1.807, 2.05) is 6.07 Å². The number of benzene rings is 1. The van der Waals surface area contributed by atoms with E-state index in [1.165, 1.54) is 13.5 Å². The minimum Gasteiger partial charge on any atom is -0.493 e. The molecule has 0 aromatic heterocycles. The van der Waals surface area contributed by atoms with E-state index >= 15 is 0 Å². The van der Waals surface area contributed by atoms with Crippen molar-refractivity contribution in [1.29, 1.82) is 0 Å². The number of hydrogen-bond acceptors (Lipinski definition) is 2. The molecule has 0 spiro atoms. The van der Waals surface area contributed by atoms with Gasteiger partial charge in [0.1, 0.15) is 0 Å². The first kappa shape index (κ1) is 11.7. The van der Waals surface area contributed by atoms with Gasteiger partial charge >= 0.3 is 0 Å². The maximum atomic E-state index is 13.7. The summed E-state index contributed by atoms with van der Waals surface area (Å²) in [6, 6.07) is 3.61. The highest BCUT2D eigenvalue weighted by molar-refractivity contribution is 6.30. The SMILES string of the molecule is COc1c(C2CCCCN2)ccc(Cl)c1F. The van der Waals surface area contributed by atoms with Gasteiger partial charge in [-0.05, 0) is 25.5 Å². The molecule has 1 heterocycles. The fourth-order valence-corrected chi connectivity index (χ4v) is 2.29. The lowest BCUT2D eigenvalue weighted by Gasteiger charge is -2.25. The van der Waals surface area contributed by atoms with Crippen LogP contribution in [0.2, 0.25) is 5.02 Å². The molecular formula is C12H15ClFNO. The fourth-order valence-electron chi connectivity index (χ4n) is 2.15. The number of nitrogens with one attached hydrogen (secondary N) is 1. The second-order valence-corrected chi connectivity index (χ2v) is 4.39. The van der Waals surface area contributed by atoms with Crippen molar-refractivity contribution in [2.45, 2.75) is 25.3 Å². The summed E-state index contributed by atoms with van der Waals surface area (Å²) in [5, 5.41) is 3.47. The molecule has 1 aliphatic rings. The van der Waals surface area contributed by atoms with Crippen molar-refractivity contribution >= 4 is 11.6 Å². The smallest absolute Gasteiger partial charge is 0.183 e. The van der Waals surface area contributed by atoms with Crippen LogP contribution >= 0.6 is 11.6 Å². The molecular weight excluding hydrogens is 229 g/mol. The Labute approximate surface area is 99.7 Å². The first-order chi connectivity index (χ1) is 7.74. The third-order valence-electron chi connectivity index (χ3n) is 2.97. The van der Waals surface area contributed by atoms with Gasteiger partial charge in [-0.1, -0.05) is 24.1 Å². The van der Waals surface area contributed by atoms with Crippen LogP contribution in [0.1, 0.15) is 30.9 Å². The Bertz CT molecular complexity index is 378. The van der Waals surface area contributed by atoms with E-state index in [4.69, 9.17) is 16.3 Å². The molecule has 2 nitrogen and oxygen atoms in total. The summed E-state index contributed by atoms with van der Waals surface area (Å²) in [6.07, 6.45) is 3.34. The van der Waals surface area contributed by atoms with Gasteiger partial charge in [-0.2, -0.15) is 0 Å². The highest BCUT2D eigenvalue weighted by Crippen LogP contribution is 2.35. The van der Waals surface area contributed by atoms with Crippen LogP contribution in [-0.4, -0.2) is 13.7 Å². The van der Waals surface area contributed by atoms with Crippen LogP contribution in [-0.2, 0) is 0 Å². The Balaban J connectivity index is 2.35. The Hall–Kier alpha value is -0.800. The predicted molar refractivity (Wildman–Crippen MR) is 62.6 cm³/mol. The summed E-state index contributed by atoms with van der Waals surface area (Å²) in [6.45, 7) is 0.970. The van der Waals surface area contributed by atoms with Crippen LogP contribution < -0.4 is 10.1 Å². The van der Waals surface area contributed by atoms with Crippen molar-refractivity contribution in [1.82, 2.24) is 5.32 Å². The minimum atomic E-state index is -0.464. The van der Waals surface area contributed by atoms with E-state index in [2.05, 4.69) is 5.32 Å². The zero-order valence-electron chi connectivity index (χ0n) is 9.22. The molecule has 1 fully saturated rings. The highest BCUT2D eigenvalue weighted by atomic mass is 35.5. The van der Waals surface area contributed by atoms with Crippen LogP contribution in [0.3, 0.4) is 0 Å². The lowest BCUT2D eigenvalue weighted by atomic mass is 9.96. The minimum absolute atomic E-state index is 0.108. The zero-order valence-corrected chi connectivity index (χ0v) is 9.98. The Morgan fingerprint density at radius 3 is 2.88 bits per heavy atom. The molecule has 1 unspecified atom stereocenters. The van der Waals surface area contributed by atoms with Crippen LogP contribution in [0, 0.1) is 5.82 Å². The average Bonchev–Trinajstić information content (AvgIpc) is 2.33. The van der Waals surface area contributed by atoms with Gasteiger partial charge in [0.25, 0.3) is 0 Å². The van der Waals surface area contributed by atoms with Gasteiger partial charge < -0.3 is 10.1 Å². The van der Waals surface area contributed by atoms with Crippen molar-refractivity contribution in [3.8, 4) is 5.75 Å². The summed E-state index contributed by atoms with van der Waals surface area (Å²) in [7, 11) is 1.47. The van der Waals surface area contributed by atoms with Gasteiger partial charge in [0.05, 0.1) is 12.1 Å². The molecule has 0 amide bonds. The molecule has 1 aromatic carbocycles. The fraction of sp³-hybridized carbons (Fsp3) is 0.500. The van der Waals surface area contributed by atoms with Gasteiger partial charge in [0.2, 0.25) is 0 Å². The van der Waals surface area contributed by atoms with Crippen molar-refractivity contribution in [3.05, 3.63) is 28.5 Å². The van der Waals surface area contributed by atoms with Crippen LogP contribution in [0.15, 0.2) is 12.1 Å². The standard InChI is InChI=1S/C12H15ClFNO/c1-16-12-8(5-6-9(13)11(12)14)10-4-2-3-7-15-10/h5-6,10,15H,2-4,7H2,1H3. The van der Waals surface area contributed by atoms with Crippen LogP contribution in [0.4, 0.5) is 4.39 Å². The summed E-state index contributed by atoms with van der Waals surface area (Å²) in [5.74, 6) is -0.194. The number of rotatable bonds is 2. The molecule has 16 heavy (non-hydrogen) atoms. The Morgan fingerprint density at radius 1 is 1.44 bits per heavy atom. The molecule has 4 heteroatoms. The molecule has 1 N–H and O–H groups in total. The van der Waals surface area contributed by atoms with Gasteiger partial charge in [0.15, 0.2) is 11.6 Å². The van der Waals surface area contributed by atoms with E-state index in [0.717, 1.165) is 24.9 Å². The van der Waals surface area contributed by atoms with E-state index < -0.39 is 5.82 Å². The molecule has 0 aliphatic carbocycles. The van der Waals surface area contributed by atoms with Crippen LogP contribution in [0.5, 0.6) is 5.75 Å². The predicted octanol–water partition coefficient (Wildman–Crippen LogP) is 3.30. The molecule has 1 aliphatic heterocycles. The molecule has 1 aromatic rings. The summed E-state index contributed by atoms with van der Waals surface area (Å²) < 4.78 is 18.8. The molecule has 88 valence electrons. The quantitative estimate of drug-likeness (QED) is 0.861. The average molecular weight is 244 g/mol. The number of piperidine rings is 1. The lowest BCUT2D eigenvalue weighted by Crippen LogP contribution is -2.27. The van der Waals surface area contributed by atoms with Crippen molar-refractivity contribution in [2.24, 2.45) is 0 Å². The molecule has 0 radical (unpaired) electrons. The van der Waals surface area contributed by atoms with E-state index in [-0.39, 0.29) is 16.8 Å². The van der Waals surface area contributed by atoms with Crippen molar-refractivity contribution < 1.29 is 9.13 Å². The largest absolute Gasteiger partial charge is 0.493 e. The van der Waals surface area contributed by atoms with Crippen molar-refractivity contribution in [3.63, 3.8) is 0 Å². The third-order valence-corrected chi connectivity index (χ3v) is 3.26. The number of methoxy groups -OCH3 is 1. The monoisotopic (exact) mass is 243 g/mol. The third kappa shape index (κ3) is 2.15. The zero-order chi connectivity index (χ0) is 11.5. The number of hydrogen-bond donors (Lipinski definition) is 1. The first-order valence-corrected chi connectivity index (χ1v) is 5.87. The van der Waals surface area contributed by atoms with Gasteiger partial charge in [-0.3, -0.25) is 0 Å². The topological polar surface area (TPSA) is 21.3 Å².